The van der Waals surface area contributed by atoms with Crippen LogP contribution < -0.4 is 10.6 Å². The highest BCUT2D eigenvalue weighted by Gasteiger charge is 2.31. The van der Waals surface area contributed by atoms with Gasteiger partial charge in [-0.25, -0.2) is 13.2 Å². The van der Waals surface area contributed by atoms with Crippen LogP contribution in [0.3, 0.4) is 0 Å². The quantitative estimate of drug-likeness (QED) is 0.488. The second kappa shape index (κ2) is 12.6. The second-order valence-corrected chi connectivity index (χ2v) is 9.61. The number of likely N-dealkylation sites (tertiary alicyclic amines) is 1. The first-order valence-electron chi connectivity index (χ1n) is 11.9. The molecule has 1 heterocycles. The van der Waals surface area contributed by atoms with Gasteiger partial charge in [-0.2, -0.15) is 5.26 Å². The first-order valence-corrected chi connectivity index (χ1v) is 11.9. The molecule has 1 aromatic carbocycles. The number of amides is 3. The van der Waals surface area contributed by atoms with Gasteiger partial charge in [0, 0.05) is 31.0 Å². The van der Waals surface area contributed by atoms with Crippen molar-refractivity contribution in [2.75, 3.05) is 6.54 Å². The molecule has 4 unspecified atom stereocenters. The van der Waals surface area contributed by atoms with Crippen molar-refractivity contribution in [2.24, 2.45) is 11.8 Å². The van der Waals surface area contributed by atoms with Crippen molar-refractivity contribution < 1.29 is 27.6 Å². The van der Waals surface area contributed by atoms with Crippen LogP contribution in [0.5, 0.6) is 0 Å². The second-order valence-electron chi connectivity index (χ2n) is 9.61. The van der Waals surface area contributed by atoms with Crippen LogP contribution in [0.25, 0.3) is 0 Å². The van der Waals surface area contributed by atoms with Crippen molar-refractivity contribution >= 4 is 17.7 Å². The lowest BCUT2D eigenvalue weighted by atomic mass is 9.98. The molecule has 2 N–H and O–H groups in total. The largest absolute Gasteiger partial charge is 0.351 e. The van der Waals surface area contributed by atoms with Crippen molar-refractivity contribution in [3.63, 3.8) is 0 Å². The number of nitrogens with one attached hydrogen (secondary N) is 2. The van der Waals surface area contributed by atoms with Gasteiger partial charge in [0.25, 0.3) is 0 Å². The van der Waals surface area contributed by atoms with Crippen LogP contribution in [-0.2, 0) is 20.8 Å². The summed E-state index contributed by atoms with van der Waals surface area (Å²) in [5.74, 6) is -4.92. The predicted octanol–water partition coefficient (Wildman–Crippen LogP) is 3.22. The number of nitrogens with zero attached hydrogens (tertiary/aromatic N) is 2. The Hall–Kier alpha value is -3.09. The molecule has 0 aromatic heterocycles. The number of carbonyl (C=O) groups excluding carboxylic acids is 3. The summed E-state index contributed by atoms with van der Waals surface area (Å²) in [6.45, 7) is 7.59. The van der Waals surface area contributed by atoms with Gasteiger partial charge in [-0.05, 0) is 50.2 Å². The van der Waals surface area contributed by atoms with E-state index in [1.54, 1.807) is 6.92 Å². The Morgan fingerprint density at radius 3 is 2.34 bits per heavy atom. The molecule has 1 aromatic rings. The third kappa shape index (κ3) is 7.98. The lowest BCUT2D eigenvalue weighted by Gasteiger charge is -2.26. The van der Waals surface area contributed by atoms with Gasteiger partial charge in [-0.1, -0.05) is 20.8 Å². The highest BCUT2D eigenvalue weighted by atomic mass is 19.2. The zero-order valence-corrected chi connectivity index (χ0v) is 20.5. The van der Waals surface area contributed by atoms with E-state index in [0.717, 1.165) is 0 Å². The number of halogens is 3. The highest BCUT2D eigenvalue weighted by Crippen LogP contribution is 2.20. The van der Waals surface area contributed by atoms with E-state index in [1.165, 1.54) is 11.8 Å². The van der Waals surface area contributed by atoms with Gasteiger partial charge in [0.2, 0.25) is 17.7 Å². The molecule has 10 heteroatoms. The van der Waals surface area contributed by atoms with Crippen LogP contribution in [-0.4, -0.2) is 47.3 Å². The first-order chi connectivity index (χ1) is 16.4. The summed E-state index contributed by atoms with van der Waals surface area (Å²) < 4.78 is 41.4. The molecule has 0 spiro atoms. The summed E-state index contributed by atoms with van der Waals surface area (Å²) in [5.41, 5.74) is -0.206. The molecule has 1 aliphatic rings. The maximum absolute atomic E-state index is 14.3. The van der Waals surface area contributed by atoms with E-state index in [4.69, 9.17) is 0 Å². The van der Waals surface area contributed by atoms with E-state index in [9.17, 15) is 32.8 Å². The van der Waals surface area contributed by atoms with E-state index >= 15 is 0 Å². The fraction of sp³-hybridized carbons (Fsp3) is 0.600. The number of benzene rings is 1. The number of nitriles is 1. The molecule has 1 fully saturated rings. The van der Waals surface area contributed by atoms with Crippen LogP contribution in [0.15, 0.2) is 12.1 Å². The molecule has 192 valence electrons. The Kier molecular flexibility index (Phi) is 10.1. The van der Waals surface area contributed by atoms with E-state index in [1.807, 2.05) is 13.8 Å². The number of rotatable bonds is 10. The normalized spacial score (nSPS) is 18.0. The minimum absolute atomic E-state index is 0.206. The molecular weight excluding hydrogens is 461 g/mol. The first kappa shape index (κ1) is 28.1. The smallest absolute Gasteiger partial charge is 0.242 e. The summed E-state index contributed by atoms with van der Waals surface area (Å²) >= 11 is 0. The van der Waals surface area contributed by atoms with Crippen LogP contribution in [0.2, 0.25) is 0 Å². The third-order valence-electron chi connectivity index (χ3n) is 6.07. The summed E-state index contributed by atoms with van der Waals surface area (Å²) in [5, 5.41) is 14.5. The van der Waals surface area contributed by atoms with Crippen molar-refractivity contribution in [1.29, 1.82) is 5.26 Å². The van der Waals surface area contributed by atoms with E-state index in [-0.39, 0.29) is 30.2 Å². The summed E-state index contributed by atoms with van der Waals surface area (Å²) in [4.78, 5) is 39.5. The highest BCUT2D eigenvalue weighted by molar-refractivity contribution is 5.88. The molecule has 0 bridgehead atoms. The van der Waals surface area contributed by atoms with Crippen molar-refractivity contribution in [1.82, 2.24) is 15.5 Å². The fourth-order valence-corrected chi connectivity index (χ4v) is 4.25. The minimum atomic E-state index is -1.34. The molecule has 3 amide bonds. The Labute approximate surface area is 204 Å². The average Bonchev–Trinajstić information content (AvgIpc) is 3.25. The molecule has 2 rings (SSSR count). The summed E-state index contributed by atoms with van der Waals surface area (Å²) in [7, 11) is 0. The van der Waals surface area contributed by atoms with Crippen molar-refractivity contribution in [3.8, 4) is 6.07 Å². The maximum Gasteiger partial charge on any atom is 0.242 e. The van der Waals surface area contributed by atoms with Crippen LogP contribution in [0, 0.1) is 40.6 Å². The van der Waals surface area contributed by atoms with Gasteiger partial charge >= 0.3 is 0 Å². The van der Waals surface area contributed by atoms with Gasteiger partial charge < -0.3 is 15.5 Å². The topological polar surface area (TPSA) is 102 Å². The zero-order valence-electron chi connectivity index (χ0n) is 20.5. The van der Waals surface area contributed by atoms with Gasteiger partial charge in [0.1, 0.15) is 17.9 Å². The average molecular weight is 495 g/mol. The standard InChI is InChI=1S/C25H33F3N4O3/c1-14(2)8-15(3)24(34)30-16(4)25(35)31-18(9-17-10-21(27)22(28)12-20(17)26)11-23(33)32-7-5-6-19(32)13-29/h10,12,14-16,18-19H,5-9,11H2,1-4H3,(H,30,34)(H,31,35). The Morgan fingerprint density at radius 2 is 1.71 bits per heavy atom. The van der Waals surface area contributed by atoms with Crippen LogP contribution in [0.4, 0.5) is 13.2 Å². The maximum atomic E-state index is 14.3. The van der Waals surface area contributed by atoms with Gasteiger partial charge in [-0.3, -0.25) is 14.4 Å². The molecule has 1 aliphatic heterocycles. The number of hydrogen-bond acceptors (Lipinski definition) is 4. The van der Waals surface area contributed by atoms with Crippen molar-refractivity contribution in [3.05, 3.63) is 35.1 Å². The molecule has 0 radical (unpaired) electrons. The molecule has 1 saturated heterocycles. The molecule has 0 aliphatic carbocycles. The number of hydrogen-bond donors (Lipinski definition) is 2. The van der Waals surface area contributed by atoms with E-state index < -0.39 is 47.4 Å². The van der Waals surface area contributed by atoms with Crippen LogP contribution in [0.1, 0.15) is 58.9 Å². The Bertz CT molecular complexity index is 979. The van der Waals surface area contributed by atoms with Crippen LogP contribution >= 0.6 is 0 Å². The minimum Gasteiger partial charge on any atom is -0.351 e. The van der Waals surface area contributed by atoms with Gasteiger partial charge in [0.15, 0.2) is 11.6 Å². The molecule has 4 atom stereocenters. The lowest BCUT2D eigenvalue weighted by Crippen LogP contribution is -2.51. The predicted molar refractivity (Wildman–Crippen MR) is 123 cm³/mol. The van der Waals surface area contributed by atoms with Crippen molar-refractivity contribution in [2.45, 2.75) is 77.9 Å². The lowest BCUT2D eigenvalue weighted by molar-refractivity contribution is -0.133. The summed E-state index contributed by atoms with van der Waals surface area (Å²) in [6.07, 6.45) is 1.29. The third-order valence-corrected chi connectivity index (χ3v) is 6.07. The SMILES string of the molecule is CC(C)CC(C)C(=O)NC(C)C(=O)NC(CC(=O)N1CCCC1C#N)Cc1cc(F)c(F)cc1F. The van der Waals surface area contributed by atoms with E-state index in [2.05, 4.69) is 16.7 Å². The fourth-order valence-electron chi connectivity index (χ4n) is 4.25. The Balaban J connectivity index is 2.16. The summed E-state index contributed by atoms with van der Waals surface area (Å²) in [6, 6.07) is 0.677. The van der Waals surface area contributed by atoms with Gasteiger partial charge in [0.05, 0.1) is 6.07 Å². The Morgan fingerprint density at radius 1 is 1.06 bits per heavy atom. The molecule has 0 saturated carbocycles. The molecule has 7 nitrogen and oxygen atoms in total. The zero-order chi connectivity index (χ0) is 26.3. The monoisotopic (exact) mass is 494 g/mol. The molecule has 35 heavy (non-hydrogen) atoms. The van der Waals surface area contributed by atoms with E-state index in [0.29, 0.717) is 43.9 Å². The number of carbonyl (C=O) groups is 3. The molecular formula is C25H33F3N4O3. The van der Waals surface area contributed by atoms with Gasteiger partial charge in [-0.15, -0.1) is 0 Å².